The number of halogens is 2. The summed E-state index contributed by atoms with van der Waals surface area (Å²) in [7, 11) is 0. The number of aliphatic imine (C=N–C) groups is 1. The molecule has 0 atom stereocenters. The fourth-order valence-electron chi connectivity index (χ4n) is 0.599. The Bertz CT molecular complexity index is 233. The van der Waals surface area contributed by atoms with E-state index in [-0.39, 0.29) is 5.96 Å². The van der Waals surface area contributed by atoms with Crippen LogP contribution in [0.25, 0.3) is 0 Å². The molecule has 0 aliphatic carbocycles. The number of rotatable bonds is 2. The molecule has 0 aromatic carbocycles. The third-order valence-corrected chi connectivity index (χ3v) is 1.06. The number of hydrogen-bond acceptors (Lipinski definition) is 3. The number of nitrogens with one attached hydrogen (secondary N) is 2. The first-order valence-electron chi connectivity index (χ1n) is 3.04. The van der Waals surface area contributed by atoms with Crippen molar-refractivity contribution in [2.75, 3.05) is 6.54 Å². The minimum atomic E-state index is -2.59. The van der Waals surface area contributed by atoms with E-state index < -0.39 is 24.8 Å². The molecule has 5 nitrogen and oxygen atoms in total. The van der Waals surface area contributed by atoms with Crippen molar-refractivity contribution in [1.82, 2.24) is 10.6 Å². The number of amides is 2. The Kier molecular flexibility index (Phi) is 2.32. The summed E-state index contributed by atoms with van der Waals surface area (Å²) in [5.74, 6) is -1.99. The topological polar surface area (TPSA) is 70.6 Å². The minimum Gasteiger partial charge on any atom is -0.288 e. The average Bonchev–Trinajstić information content (AvgIpc) is 2.28. The Labute approximate surface area is 65.8 Å². The molecule has 1 rings (SSSR count). The molecule has 1 fully saturated rings. The van der Waals surface area contributed by atoms with Crippen LogP contribution in [0.1, 0.15) is 0 Å². The largest absolute Gasteiger partial charge is 0.316 e. The van der Waals surface area contributed by atoms with Crippen LogP contribution < -0.4 is 10.6 Å². The maximum atomic E-state index is 11.6. The first-order chi connectivity index (χ1) is 5.59. The molecule has 12 heavy (non-hydrogen) atoms. The molecule has 0 radical (unpaired) electrons. The van der Waals surface area contributed by atoms with Crippen molar-refractivity contribution in [2.45, 2.75) is 6.43 Å². The Hall–Kier alpha value is -1.53. The van der Waals surface area contributed by atoms with Gasteiger partial charge in [-0.15, -0.1) is 0 Å². The molecule has 0 unspecified atom stereocenters. The smallest absolute Gasteiger partial charge is 0.288 e. The summed E-state index contributed by atoms with van der Waals surface area (Å²) in [6, 6.07) is 0. The molecule has 66 valence electrons. The van der Waals surface area contributed by atoms with Crippen LogP contribution in [0.5, 0.6) is 0 Å². The number of hydrogen-bond donors (Lipinski definition) is 2. The van der Waals surface area contributed by atoms with E-state index in [1.54, 1.807) is 0 Å². The summed E-state index contributed by atoms with van der Waals surface area (Å²) in [4.78, 5) is 24.1. The molecule has 0 spiro atoms. The van der Waals surface area contributed by atoms with Crippen LogP contribution in [-0.2, 0) is 9.59 Å². The summed E-state index contributed by atoms with van der Waals surface area (Å²) in [6.45, 7) is -0.740. The van der Waals surface area contributed by atoms with Crippen molar-refractivity contribution in [3.63, 3.8) is 0 Å². The van der Waals surface area contributed by atoms with Gasteiger partial charge in [0, 0.05) is 0 Å². The second kappa shape index (κ2) is 3.24. The highest BCUT2D eigenvalue weighted by Gasteiger charge is 2.25. The normalized spacial score (nSPS) is 16.4. The highest BCUT2D eigenvalue weighted by atomic mass is 19.3. The van der Waals surface area contributed by atoms with E-state index >= 15 is 0 Å². The lowest BCUT2D eigenvalue weighted by atomic mass is 10.6. The van der Waals surface area contributed by atoms with Crippen molar-refractivity contribution in [3.05, 3.63) is 0 Å². The summed E-state index contributed by atoms with van der Waals surface area (Å²) >= 11 is 0. The minimum absolute atomic E-state index is 0.217. The zero-order chi connectivity index (χ0) is 9.14. The molecular formula is C5H5F2N3O2. The Morgan fingerprint density at radius 3 is 2.17 bits per heavy atom. The SMILES string of the molecule is O=C1NC(=NCC(F)F)NC1=O. The zero-order valence-electron chi connectivity index (χ0n) is 5.80. The molecule has 0 aromatic heterocycles. The Balaban J connectivity index is 2.51. The van der Waals surface area contributed by atoms with Crippen LogP contribution in [0.4, 0.5) is 8.78 Å². The summed E-state index contributed by atoms with van der Waals surface area (Å²) in [6.07, 6.45) is -2.59. The molecule has 1 aliphatic heterocycles. The molecule has 0 saturated carbocycles. The lowest BCUT2D eigenvalue weighted by Gasteiger charge is -1.94. The standard InChI is InChI=1S/C5H5F2N3O2/c6-2(7)1-8-5-9-3(11)4(12)10-5/h2H,1H2,(H2,8,9,10,11,12). The van der Waals surface area contributed by atoms with Gasteiger partial charge in [0.25, 0.3) is 6.43 Å². The first kappa shape index (κ1) is 8.57. The van der Waals surface area contributed by atoms with E-state index in [9.17, 15) is 18.4 Å². The predicted octanol–water partition coefficient (Wildman–Crippen LogP) is -1.15. The molecule has 1 saturated heterocycles. The van der Waals surface area contributed by atoms with Gasteiger partial charge in [0.15, 0.2) is 0 Å². The van der Waals surface area contributed by atoms with E-state index in [1.807, 2.05) is 10.6 Å². The van der Waals surface area contributed by atoms with E-state index in [1.165, 1.54) is 0 Å². The van der Waals surface area contributed by atoms with Gasteiger partial charge in [-0.2, -0.15) is 0 Å². The molecular weight excluding hydrogens is 172 g/mol. The fourth-order valence-corrected chi connectivity index (χ4v) is 0.599. The Morgan fingerprint density at radius 2 is 1.75 bits per heavy atom. The van der Waals surface area contributed by atoms with Crippen LogP contribution in [0, 0.1) is 0 Å². The van der Waals surface area contributed by atoms with E-state index in [0.29, 0.717) is 0 Å². The van der Waals surface area contributed by atoms with Gasteiger partial charge in [-0.05, 0) is 0 Å². The molecule has 1 heterocycles. The van der Waals surface area contributed by atoms with Gasteiger partial charge in [0.2, 0.25) is 5.96 Å². The number of carbonyl (C=O) groups excluding carboxylic acids is 2. The molecule has 0 aromatic rings. The average molecular weight is 177 g/mol. The van der Waals surface area contributed by atoms with Crippen molar-refractivity contribution in [2.24, 2.45) is 4.99 Å². The van der Waals surface area contributed by atoms with Gasteiger partial charge in [-0.3, -0.25) is 20.2 Å². The first-order valence-corrected chi connectivity index (χ1v) is 3.04. The number of carbonyl (C=O) groups is 2. The fraction of sp³-hybridized carbons (Fsp3) is 0.400. The van der Waals surface area contributed by atoms with Crippen LogP contribution in [0.3, 0.4) is 0 Å². The molecule has 0 bridgehead atoms. The molecule has 2 N–H and O–H groups in total. The molecule has 7 heteroatoms. The third-order valence-electron chi connectivity index (χ3n) is 1.06. The van der Waals surface area contributed by atoms with Gasteiger partial charge in [-0.25, -0.2) is 13.8 Å². The highest BCUT2D eigenvalue weighted by molar-refractivity contribution is 6.45. The van der Waals surface area contributed by atoms with Crippen LogP contribution in [-0.4, -0.2) is 30.7 Å². The summed E-state index contributed by atoms with van der Waals surface area (Å²) in [5, 5.41) is 3.95. The highest BCUT2D eigenvalue weighted by Crippen LogP contribution is 1.92. The molecule has 2 amide bonds. The zero-order valence-corrected chi connectivity index (χ0v) is 5.80. The van der Waals surface area contributed by atoms with Crippen molar-refractivity contribution in [1.29, 1.82) is 0 Å². The number of nitrogens with zero attached hydrogens (tertiary/aromatic N) is 1. The van der Waals surface area contributed by atoms with E-state index in [0.717, 1.165) is 0 Å². The lowest BCUT2D eigenvalue weighted by Crippen LogP contribution is -2.26. The summed E-state index contributed by atoms with van der Waals surface area (Å²) < 4.78 is 23.1. The summed E-state index contributed by atoms with van der Waals surface area (Å²) in [5.41, 5.74) is 0. The third kappa shape index (κ3) is 1.97. The second-order valence-corrected chi connectivity index (χ2v) is 1.99. The van der Waals surface area contributed by atoms with Crippen molar-refractivity contribution in [3.8, 4) is 0 Å². The number of alkyl halides is 2. The van der Waals surface area contributed by atoms with Gasteiger partial charge in [0.1, 0.15) is 6.54 Å². The van der Waals surface area contributed by atoms with Crippen molar-refractivity contribution < 1.29 is 18.4 Å². The van der Waals surface area contributed by atoms with E-state index in [4.69, 9.17) is 0 Å². The van der Waals surface area contributed by atoms with Gasteiger partial charge in [-0.1, -0.05) is 0 Å². The maximum Gasteiger partial charge on any atom is 0.316 e. The quantitative estimate of drug-likeness (QED) is 0.523. The lowest BCUT2D eigenvalue weighted by molar-refractivity contribution is -0.135. The monoisotopic (exact) mass is 177 g/mol. The van der Waals surface area contributed by atoms with Gasteiger partial charge < -0.3 is 0 Å². The van der Waals surface area contributed by atoms with Crippen LogP contribution >= 0.6 is 0 Å². The van der Waals surface area contributed by atoms with Crippen LogP contribution in [0.2, 0.25) is 0 Å². The second-order valence-electron chi connectivity index (χ2n) is 1.99. The van der Waals surface area contributed by atoms with Gasteiger partial charge in [0.05, 0.1) is 0 Å². The molecule has 1 aliphatic rings. The van der Waals surface area contributed by atoms with Crippen LogP contribution in [0.15, 0.2) is 4.99 Å². The van der Waals surface area contributed by atoms with Gasteiger partial charge >= 0.3 is 11.8 Å². The number of guanidine groups is 1. The predicted molar refractivity (Wildman–Crippen MR) is 34.6 cm³/mol. The van der Waals surface area contributed by atoms with E-state index in [2.05, 4.69) is 4.99 Å². The van der Waals surface area contributed by atoms with Crippen molar-refractivity contribution >= 4 is 17.8 Å². The Morgan fingerprint density at radius 1 is 1.25 bits per heavy atom. The maximum absolute atomic E-state index is 11.6.